The second-order valence-corrected chi connectivity index (χ2v) is 7.51. The van der Waals surface area contributed by atoms with E-state index >= 15 is 0 Å². The van der Waals surface area contributed by atoms with Crippen molar-refractivity contribution in [1.29, 1.82) is 0 Å². The molecule has 0 aliphatic carbocycles. The largest absolute Gasteiger partial charge is 0.392 e. The van der Waals surface area contributed by atoms with Crippen LogP contribution in [-0.2, 0) is 6.61 Å². The van der Waals surface area contributed by atoms with Crippen LogP contribution in [-0.4, -0.2) is 44.7 Å². The minimum absolute atomic E-state index is 0.000874. The van der Waals surface area contributed by atoms with Crippen LogP contribution in [0.25, 0.3) is 10.9 Å². The molecular weight excluding hydrogens is 304 g/mol. The Morgan fingerprint density at radius 1 is 1.29 bits per heavy atom. The van der Waals surface area contributed by atoms with Gasteiger partial charge in [0.25, 0.3) is 5.91 Å². The minimum atomic E-state index is -0.640. The molecule has 1 saturated heterocycles. The zero-order valence-electron chi connectivity index (χ0n) is 14.4. The molecule has 5 heteroatoms. The van der Waals surface area contributed by atoms with Crippen LogP contribution in [0.15, 0.2) is 24.3 Å². The Balaban J connectivity index is 1.67. The van der Waals surface area contributed by atoms with Gasteiger partial charge in [0.05, 0.1) is 12.2 Å². The first-order chi connectivity index (χ1) is 11.4. The van der Waals surface area contributed by atoms with Gasteiger partial charge in [0, 0.05) is 24.0 Å². The van der Waals surface area contributed by atoms with E-state index < -0.39 is 5.60 Å². The number of likely N-dealkylation sites (tertiary alicyclic amines) is 1. The molecule has 0 bridgehead atoms. The summed E-state index contributed by atoms with van der Waals surface area (Å²) in [5.41, 5.74) is 1.71. The van der Waals surface area contributed by atoms with Crippen molar-refractivity contribution in [2.45, 2.75) is 45.3 Å². The number of nitrogens with one attached hydrogen (secondary N) is 1. The van der Waals surface area contributed by atoms with Crippen LogP contribution in [0.3, 0.4) is 0 Å². The molecule has 0 spiro atoms. The van der Waals surface area contributed by atoms with E-state index in [9.17, 15) is 15.0 Å². The van der Waals surface area contributed by atoms with E-state index in [2.05, 4.69) is 4.98 Å². The van der Waals surface area contributed by atoms with E-state index in [1.807, 2.05) is 43.0 Å². The number of fused-ring (bicyclic) bond motifs is 1. The molecule has 1 aromatic heterocycles. The molecule has 3 rings (SSSR count). The molecule has 2 aromatic rings. The number of aromatic amines is 1. The third kappa shape index (κ3) is 3.79. The number of piperidine rings is 1. The standard InChI is InChI=1S/C19H26N2O3/c1-19(2,24)11-13-5-7-21(8-6-13)18(23)17-10-15-9-14(12-22)3-4-16(15)20-17/h3-4,9-10,13,20,22,24H,5-8,11-12H2,1-2H3. The zero-order valence-corrected chi connectivity index (χ0v) is 14.4. The predicted molar refractivity (Wildman–Crippen MR) is 93.8 cm³/mol. The Hall–Kier alpha value is -1.85. The second kappa shape index (κ2) is 6.57. The van der Waals surface area contributed by atoms with E-state index in [4.69, 9.17) is 0 Å². The van der Waals surface area contributed by atoms with Gasteiger partial charge in [-0.25, -0.2) is 0 Å². The van der Waals surface area contributed by atoms with Crippen molar-refractivity contribution >= 4 is 16.8 Å². The lowest BCUT2D eigenvalue weighted by molar-refractivity contribution is 0.0357. The van der Waals surface area contributed by atoms with Gasteiger partial charge in [0.2, 0.25) is 0 Å². The summed E-state index contributed by atoms with van der Waals surface area (Å²) in [6.45, 7) is 5.15. The SMILES string of the molecule is CC(C)(O)CC1CCN(C(=O)c2cc3cc(CO)ccc3[nH]2)CC1. The van der Waals surface area contributed by atoms with E-state index in [1.165, 1.54) is 0 Å². The lowest BCUT2D eigenvalue weighted by atomic mass is 9.86. The smallest absolute Gasteiger partial charge is 0.270 e. The first kappa shape index (κ1) is 17.0. The van der Waals surface area contributed by atoms with Gasteiger partial charge in [-0.3, -0.25) is 4.79 Å². The summed E-state index contributed by atoms with van der Waals surface area (Å²) in [7, 11) is 0. The number of hydrogen-bond acceptors (Lipinski definition) is 3. The Morgan fingerprint density at radius 3 is 2.62 bits per heavy atom. The summed E-state index contributed by atoms with van der Waals surface area (Å²) in [6, 6.07) is 7.51. The summed E-state index contributed by atoms with van der Waals surface area (Å²) in [5, 5.41) is 20.1. The van der Waals surface area contributed by atoms with Crippen molar-refractivity contribution in [3.63, 3.8) is 0 Å². The summed E-state index contributed by atoms with van der Waals surface area (Å²) in [6.07, 6.45) is 2.65. The highest BCUT2D eigenvalue weighted by Crippen LogP contribution is 2.27. The number of H-pyrrole nitrogens is 1. The molecule has 0 saturated carbocycles. The van der Waals surface area contributed by atoms with Gasteiger partial charge in [-0.1, -0.05) is 6.07 Å². The van der Waals surface area contributed by atoms with Crippen LogP contribution in [0.1, 0.15) is 49.2 Å². The van der Waals surface area contributed by atoms with Gasteiger partial charge in [-0.05, 0) is 62.8 Å². The molecule has 1 aromatic carbocycles. The highest BCUT2D eigenvalue weighted by atomic mass is 16.3. The fourth-order valence-electron chi connectivity index (χ4n) is 3.61. The Morgan fingerprint density at radius 2 is 2.00 bits per heavy atom. The maximum atomic E-state index is 12.7. The van der Waals surface area contributed by atoms with E-state index in [-0.39, 0.29) is 12.5 Å². The van der Waals surface area contributed by atoms with Crippen molar-refractivity contribution in [3.8, 4) is 0 Å². The molecule has 1 fully saturated rings. The molecule has 0 radical (unpaired) electrons. The Labute approximate surface area is 142 Å². The highest BCUT2D eigenvalue weighted by Gasteiger charge is 2.27. The predicted octanol–water partition coefficient (Wildman–Crippen LogP) is 2.67. The molecule has 1 aliphatic rings. The van der Waals surface area contributed by atoms with Gasteiger partial charge in [0.1, 0.15) is 5.69 Å². The number of aliphatic hydroxyl groups is 2. The third-order valence-corrected chi connectivity index (χ3v) is 4.79. The lowest BCUT2D eigenvalue weighted by Gasteiger charge is -2.34. The number of benzene rings is 1. The van der Waals surface area contributed by atoms with Crippen molar-refractivity contribution < 1.29 is 15.0 Å². The minimum Gasteiger partial charge on any atom is -0.392 e. The number of nitrogens with zero attached hydrogens (tertiary/aromatic N) is 1. The fraction of sp³-hybridized carbons (Fsp3) is 0.526. The quantitative estimate of drug-likeness (QED) is 0.806. The Bertz CT molecular complexity index is 722. The van der Waals surface area contributed by atoms with E-state index in [0.29, 0.717) is 11.6 Å². The van der Waals surface area contributed by atoms with Crippen molar-refractivity contribution in [3.05, 3.63) is 35.5 Å². The summed E-state index contributed by atoms with van der Waals surface area (Å²) in [5.74, 6) is 0.502. The second-order valence-electron chi connectivity index (χ2n) is 7.51. The molecule has 5 nitrogen and oxygen atoms in total. The van der Waals surface area contributed by atoms with Gasteiger partial charge < -0.3 is 20.1 Å². The van der Waals surface area contributed by atoms with Crippen LogP contribution in [0.5, 0.6) is 0 Å². The van der Waals surface area contributed by atoms with E-state index in [0.717, 1.165) is 48.8 Å². The van der Waals surface area contributed by atoms with Gasteiger partial charge >= 0.3 is 0 Å². The molecular formula is C19H26N2O3. The van der Waals surface area contributed by atoms with Crippen LogP contribution in [0, 0.1) is 5.92 Å². The number of aliphatic hydroxyl groups excluding tert-OH is 1. The van der Waals surface area contributed by atoms with Crippen molar-refractivity contribution in [2.24, 2.45) is 5.92 Å². The monoisotopic (exact) mass is 330 g/mol. The lowest BCUT2D eigenvalue weighted by Crippen LogP contribution is -2.40. The maximum absolute atomic E-state index is 12.7. The van der Waals surface area contributed by atoms with Gasteiger partial charge in [0.15, 0.2) is 0 Å². The number of amides is 1. The number of carbonyl (C=O) groups excluding carboxylic acids is 1. The fourth-order valence-corrected chi connectivity index (χ4v) is 3.61. The first-order valence-corrected chi connectivity index (χ1v) is 8.60. The number of carbonyl (C=O) groups is 1. The maximum Gasteiger partial charge on any atom is 0.270 e. The number of rotatable bonds is 4. The van der Waals surface area contributed by atoms with Gasteiger partial charge in [-0.2, -0.15) is 0 Å². The van der Waals surface area contributed by atoms with Crippen LogP contribution in [0.2, 0.25) is 0 Å². The summed E-state index contributed by atoms with van der Waals surface area (Å²) < 4.78 is 0. The molecule has 0 unspecified atom stereocenters. The van der Waals surface area contributed by atoms with Gasteiger partial charge in [-0.15, -0.1) is 0 Å². The first-order valence-electron chi connectivity index (χ1n) is 8.60. The van der Waals surface area contributed by atoms with Crippen LogP contribution >= 0.6 is 0 Å². The summed E-state index contributed by atoms with van der Waals surface area (Å²) >= 11 is 0. The third-order valence-electron chi connectivity index (χ3n) is 4.79. The number of hydrogen-bond donors (Lipinski definition) is 3. The Kier molecular flexibility index (Phi) is 4.65. The zero-order chi connectivity index (χ0) is 17.3. The molecule has 2 heterocycles. The highest BCUT2D eigenvalue weighted by molar-refractivity contribution is 5.98. The van der Waals surface area contributed by atoms with Crippen molar-refractivity contribution in [1.82, 2.24) is 9.88 Å². The summed E-state index contributed by atoms with van der Waals surface area (Å²) in [4.78, 5) is 17.8. The van der Waals surface area contributed by atoms with Crippen molar-refractivity contribution in [2.75, 3.05) is 13.1 Å². The molecule has 0 atom stereocenters. The molecule has 3 N–H and O–H groups in total. The van der Waals surface area contributed by atoms with E-state index in [1.54, 1.807) is 0 Å². The molecule has 1 amide bonds. The average Bonchev–Trinajstić information content (AvgIpc) is 2.96. The number of aromatic nitrogens is 1. The molecule has 1 aliphatic heterocycles. The average molecular weight is 330 g/mol. The molecule has 24 heavy (non-hydrogen) atoms. The van der Waals surface area contributed by atoms with Crippen LogP contribution < -0.4 is 0 Å². The molecule has 130 valence electrons. The normalized spacial score (nSPS) is 16.8. The van der Waals surface area contributed by atoms with Crippen LogP contribution in [0.4, 0.5) is 0 Å². The topological polar surface area (TPSA) is 76.6 Å².